The number of benzene rings is 1. The van der Waals surface area contributed by atoms with Gasteiger partial charge in [-0.2, -0.15) is 0 Å². The number of halogens is 1. The third-order valence-corrected chi connectivity index (χ3v) is 5.92. The van der Waals surface area contributed by atoms with Crippen LogP contribution in [-0.2, 0) is 20.0 Å². The van der Waals surface area contributed by atoms with Crippen molar-refractivity contribution in [2.45, 2.75) is 58.0 Å². The van der Waals surface area contributed by atoms with Crippen molar-refractivity contribution in [1.82, 2.24) is 30.4 Å². The van der Waals surface area contributed by atoms with Gasteiger partial charge in [0.1, 0.15) is 18.2 Å². The molecule has 0 bridgehead atoms. The fourth-order valence-electron chi connectivity index (χ4n) is 4.00. The molecule has 0 aliphatic heterocycles. The first-order chi connectivity index (χ1) is 14.6. The molecule has 0 amide bonds. The molecule has 4 rings (SSSR count). The molecular formula is C22H30FN7. The van der Waals surface area contributed by atoms with Crippen molar-refractivity contribution < 1.29 is 4.39 Å². The highest BCUT2D eigenvalue weighted by atomic mass is 19.1. The van der Waals surface area contributed by atoms with Crippen LogP contribution in [0.25, 0.3) is 10.9 Å². The molecule has 0 atom stereocenters. The Kier molecular flexibility index (Phi) is 6.30. The number of guanidine groups is 1. The van der Waals surface area contributed by atoms with Gasteiger partial charge in [0.2, 0.25) is 0 Å². The van der Waals surface area contributed by atoms with Crippen LogP contribution in [0.1, 0.15) is 49.3 Å². The predicted octanol–water partition coefficient (Wildman–Crippen LogP) is 3.35. The lowest BCUT2D eigenvalue weighted by atomic mass is 9.96. The lowest BCUT2D eigenvalue weighted by molar-refractivity contribution is 0.410. The van der Waals surface area contributed by atoms with E-state index in [1.807, 2.05) is 24.7 Å². The highest BCUT2D eigenvalue weighted by Crippen LogP contribution is 2.20. The van der Waals surface area contributed by atoms with Gasteiger partial charge in [-0.25, -0.2) is 9.38 Å². The topological polar surface area (TPSA) is 82.9 Å². The Hall–Kier alpha value is -2.90. The van der Waals surface area contributed by atoms with Gasteiger partial charge in [0.05, 0.1) is 0 Å². The predicted molar refractivity (Wildman–Crippen MR) is 117 cm³/mol. The zero-order valence-electron chi connectivity index (χ0n) is 17.7. The molecule has 1 aliphatic rings. The summed E-state index contributed by atoms with van der Waals surface area (Å²) in [6.45, 7) is 3.11. The van der Waals surface area contributed by atoms with E-state index in [1.165, 1.54) is 38.2 Å². The monoisotopic (exact) mass is 411 g/mol. The van der Waals surface area contributed by atoms with E-state index in [0.717, 1.165) is 40.5 Å². The van der Waals surface area contributed by atoms with Crippen molar-refractivity contribution >= 4 is 16.9 Å². The minimum absolute atomic E-state index is 0.212. The summed E-state index contributed by atoms with van der Waals surface area (Å²) < 4.78 is 15.6. The molecule has 2 aromatic heterocycles. The van der Waals surface area contributed by atoms with E-state index >= 15 is 0 Å². The number of hydrogen-bond acceptors (Lipinski definition) is 3. The second-order valence-electron chi connectivity index (χ2n) is 8.05. The first-order valence-electron chi connectivity index (χ1n) is 10.8. The highest BCUT2D eigenvalue weighted by Gasteiger charge is 2.15. The number of aromatic amines is 1. The van der Waals surface area contributed by atoms with E-state index in [-0.39, 0.29) is 5.82 Å². The molecule has 3 N–H and O–H groups in total. The number of H-pyrrole nitrogens is 1. The molecule has 1 fully saturated rings. The molecule has 1 aromatic carbocycles. The number of nitrogens with one attached hydrogen (secondary N) is 3. The molecule has 0 saturated heterocycles. The minimum Gasteiger partial charge on any atom is -0.361 e. The van der Waals surface area contributed by atoms with Crippen LogP contribution in [0.3, 0.4) is 0 Å². The van der Waals surface area contributed by atoms with Crippen molar-refractivity contribution in [3.05, 3.63) is 47.4 Å². The maximum absolute atomic E-state index is 13.6. The Bertz CT molecular complexity index is 1010. The minimum atomic E-state index is -0.212. The third-order valence-electron chi connectivity index (χ3n) is 5.92. The summed E-state index contributed by atoms with van der Waals surface area (Å²) in [4.78, 5) is 7.98. The van der Waals surface area contributed by atoms with Crippen molar-refractivity contribution in [2.75, 3.05) is 6.54 Å². The summed E-state index contributed by atoms with van der Waals surface area (Å²) in [5, 5.41) is 16.3. The summed E-state index contributed by atoms with van der Waals surface area (Å²) in [5.41, 5.74) is 2.05. The number of aryl methyl sites for hydroxylation is 1. The lowest BCUT2D eigenvalue weighted by Crippen LogP contribution is -2.44. The smallest absolute Gasteiger partial charge is 0.191 e. The molecular weight excluding hydrogens is 381 g/mol. The summed E-state index contributed by atoms with van der Waals surface area (Å²) >= 11 is 0. The van der Waals surface area contributed by atoms with Crippen LogP contribution >= 0.6 is 0 Å². The van der Waals surface area contributed by atoms with Gasteiger partial charge in [-0.15, -0.1) is 10.2 Å². The van der Waals surface area contributed by atoms with Crippen molar-refractivity contribution in [2.24, 2.45) is 12.0 Å². The van der Waals surface area contributed by atoms with Gasteiger partial charge < -0.3 is 20.2 Å². The van der Waals surface area contributed by atoms with E-state index in [4.69, 9.17) is 4.99 Å². The van der Waals surface area contributed by atoms with E-state index in [0.29, 0.717) is 19.1 Å². The second-order valence-corrected chi connectivity index (χ2v) is 8.05. The molecule has 0 spiro atoms. The van der Waals surface area contributed by atoms with Gasteiger partial charge in [0.15, 0.2) is 11.8 Å². The van der Waals surface area contributed by atoms with Crippen molar-refractivity contribution in [3.8, 4) is 0 Å². The molecule has 1 aliphatic carbocycles. The summed E-state index contributed by atoms with van der Waals surface area (Å²) in [6, 6.07) is 5.30. The van der Waals surface area contributed by atoms with E-state index < -0.39 is 0 Å². The Morgan fingerprint density at radius 3 is 2.87 bits per heavy atom. The number of hydrogen-bond donors (Lipinski definition) is 3. The highest BCUT2D eigenvalue weighted by molar-refractivity contribution is 5.83. The Morgan fingerprint density at radius 1 is 1.27 bits per heavy atom. The third kappa shape index (κ3) is 4.80. The molecule has 30 heavy (non-hydrogen) atoms. The molecule has 2 heterocycles. The quantitative estimate of drug-likeness (QED) is 0.429. The van der Waals surface area contributed by atoms with Gasteiger partial charge in [0.25, 0.3) is 0 Å². The van der Waals surface area contributed by atoms with Crippen LogP contribution in [0.5, 0.6) is 0 Å². The Labute approximate surface area is 176 Å². The van der Waals surface area contributed by atoms with E-state index in [9.17, 15) is 4.39 Å². The van der Waals surface area contributed by atoms with Crippen LogP contribution in [0.4, 0.5) is 4.39 Å². The number of aliphatic imine (C=N–C) groups is 1. The number of fused-ring (bicyclic) bond motifs is 1. The Morgan fingerprint density at radius 2 is 2.10 bits per heavy atom. The van der Waals surface area contributed by atoms with Gasteiger partial charge >= 0.3 is 0 Å². The average Bonchev–Trinajstić information content (AvgIpc) is 3.30. The molecule has 3 aromatic rings. The fourth-order valence-corrected chi connectivity index (χ4v) is 4.00. The zero-order valence-corrected chi connectivity index (χ0v) is 17.7. The van der Waals surface area contributed by atoms with Crippen molar-refractivity contribution in [3.63, 3.8) is 0 Å². The second kappa shape index (κ2) is 9.28. The largest absolute Gasteiger partial charge is 0.361 e. The number of aromatic nitrogens is 4. The summed E-state index contributed by atoms with van der Waals surface area (Å²) in [5.74, 6) is 2.30. The molecule has 1 saturated carbocycles. The van der Waals surface area contributed by atoms with Gasteiger partial charge in [0, 0.05) is 36.7 Å². The van der Waals surface area contributed by atoms with E-state index in [2.05, 4.69) is 25.8 Å². The molecule has 0 unspecified atom stereocenters. The normalized spacial score (nSPS) is 15.6. The van der Waals surface area contributed by atoms with Gasteiger partial charge in [-0.3, -0.25) is 0 Å². The van der Waals surface area contributed by atoms with Crippen LogP contribution in [0.2, 0.25) is 0 Å². The van der Waals surface area contributed by atoms with Gasteiger partial charge in [-0.1, -0.05) is 19.3 Å². The maximum Gasteiger partial charge on any atom is 0.191 e. The van der Waals surface area contributed by atoms with Crippen LogP contribution in [-0.4, -0.2) is 38.3 Å². The van der Waals surface area contributed by atoms with Crippen LogP contribution in [0.15, 0.2) is 29.4 Å². The molecule has 7 nitrogen and oxygen atoms in total. The lowest BCUT2D eigenvalue weighted by Gasteiger charge is -2.25. The van der Waals surface area contributed by atoms with E-state index in [1.54, 1.807) is 12.1 Å². The number of rotatable bonds is 6. The van der Waals surface area contributed by atoms with Crippen LogP contribution in [0, 0.1) is 12.7 Å². The SMILES string of the molecule is Cc1nnc(CN=C(NCCc2c[nH]c3ccc(F)cc23)NC2CCCCC2)n1C. The Balaban J connectivity index is 1.42. The average molecular weight is 412 g/mol. The fraction of sp³-hybridized carbons (Fsp3) is 0.500. The molecule has 160 valence electrons. The summed E-state index contributed by atoms with van der Waals surface area (Å²) in [7, 11) is 1.96. The van der Waals surface area contributed by atoms with Crippen LogP contribution < -0.4 is 10.6 Å². The summed E-state index contributed by atoms with van der Waals surface area (Å²) in [6.07, 6.45) is 8.91. The molecule has 0 radical (unpaired) electrons. The van der Waals surface area contributed by atoms with Gasteiger partial charge in [-0.05, 0) is 49.9 Å². The van der Waals surface area contributed by atoms with Crippen molar-refractivity contribution in [1.29, 1.82) is 0 Å². The number of nitrogens with zero attached hydrogens (tertiary/aromatic N) is 4. The maximum atomic E-state index is 13.6. The first kappa shape index (κ1) is 20.4. The standard InChI is InChI=1S/C22H30FN7/c1-15-28-29-21(30(15)2)14-26-22(27-18-6-4-3-5-7-18)24-11-10-16-13-25-20-9-8-17(23)12-19(16)20/h8-9,12-13,18,25H,3-7,10-11,14H2,1-2H3,(H2,24,26,27). The first-order valence-corrected chi connectivity index (χ1v) is 10.8. The molecule has 8 heteroatoms. The zero-order chi connectivity index (χ0) is 20.9.